The standard InChI is InChI=1S/C19H10F6N2O4S/c20-18(21,22)16(29)12(17(30)19(23,24)25)9-26-14-8-11(6-7-13(14)27-32-31)15(28)10-4-2-1-3-5-10/h1-9,29H/b16-12+,26-9?. The van der Waals surface area contributed by atoms with Crippen molar-refractivity contribution in [2.75, 3.05) is 0 Å². The predicted octanol–water partition coefficient (Wildman–Crippen LogP) is 5.15. The number of aliphatic imine (C=N–C) groups is 1. The lowest BCUT2D eigenvalue weighted by atomic mass is 10.0. The molecular formula is C19H10F6N2O4S. The molecule has 2 aromatic rings. The number of halogens is 6. The van der Waals surface area contributed by atoms with Gasteiger partial charge in [0.15, 0.2) is 5.78 Å². The van der Waals surface area contributed by atoms with E-state index in [9.17, 15) is 40.1 Å². The Kier molecular flexibility index (Phi) is 7.46. The van der Waals surface area contributed by atoms with Gasteiger partial charge in [-0.2, -0.15) is 34.9 Å². The minimum absolute atomic E-state index is 0.0779. The lowest BCUT2D eigenvalue weighted by Crippen LogP contribution is -2.29. The van der Waals surface area contributed by atoms with Crippen molar-refractivity contribution in [2.24, 2.45) is 9.36 Å². The number of carbonyl (C=O) groups excluding carboxylic acids is 2. The molecule has 0 saturated heterocycles. The van der Waals surface area contributed by atoms with E-state index in [4.69, 9.17) is 5.11 Å². The van der Waals surface area contributed by atoms with Crippen LogP contribution < -0.4 is 0 Å². The molecule has 0 heterocycles. The molecule has 32 heavy (non-hydrogen) atoms. The Balaban J connectivity index is 2.62. The number of aliphatic hydroxyl groups excluding tert-OH is 1. The van der Waals surface area contributed by atoms with Crippen LogP contribution in [0, 0.1) is 0 Å². The molecule has 0 fully saturated rings. The smallest absolute Gasteiger partial charge is 0.455 e. The van der Waals surface area contributed by atoms with Crippen molar-refractivity contribution in [2.45, 2.75) is 12.4 Å². The summed E-state index contributed by atoms with van der Waals surface area (Å²) >= 11 is -0.337. The quantitative estimate of drug-likeness (QED) is 0.205. The van der Waals surface area contributed by atoms with E-state index in [0.717, 1.165) is 12.1 Å². The molecular weight excluding hydrogens is 466 g/mol. The molecule has 0 bridgehead atoms. The first-order valence-corrected chi connectivity index (χ1v) is 8.96. The molecule has 0 atom stereocenters. The van der Waals surface area contributed by atoms with E-state index in [1.54, 1.807) is 18.2 Å². The summed E-state index contributed by atoms with van der Waals surface area (Å²) in [4.78, 5) is 27.3. The topological polar surface area (TPSA) is 96.2 Å². The summed E-state index contributed by atoms with van der Waals surface area (Å²) in [5.74, 6) is -6.37. The van der Waals surface area contributed by atoms with Crippen molar-refractivity contribution < 1.29 is 45.2 Å². The highest BCUT2D eigenvalue weighted by Crippen LogP contribution is 2.32. The van der Waals surface area contributed by atoms with Gasteiger partial charge in [0.2, 0.25) is 17.2 Å². The monoisotopic (exact) mass is 476 g/mol. The Morgan fingerprint density at radius 2 is 1.50 bits per heavy atom. The maximum atomic E-state index is 12.7. The Bertz CT molecular complexity index is 1150. The van der Waals surface area contributed by atoms with Crippen molar-refractivity contribution in [3.05, 3.63) is 71.0 Å². The summed E-state index contributed by atoms with van der Waals surface area (Å²) in [6.45, 7) is 0. The van der Waals surface area contributed by atoms with Crippen molar-refractivity contribution in [3.8, 4) is 0 Å². The molecule has 0 aliphatic rings. The van der Waals surface area contributed by atoms with Crippen LogP contribution in [0.1, 0.15) is 15.9 Å². The molecule has 0 aromatic heterocycles. The molecule has 6 nitrogen and oxygen atoms in total. The van der Waals surface area contributed by atoms with Gasteiger partial charge in [-0.05, 0) is 18.2 Å². The SMILES string of the molecule is O=S=Nc1ccc(C(=O)c2ccccc2)cc1N=C/C(C(=O)C(F)(F)F)=C(\O)C(F)(F)F. The number of Topliss-reactive ketones (excluding diaryl/α,β-unsaturated/α-hetero) is 1. The van der Waals surface area contributed by atoms with Gasteiger partial charge in [-0.15, -0.1) is 0 Å². The molecule has 13 heteroatoms. The third-order valence-corrected chi connectivity index (χ3v) is 4.04. The van der Waals surface area contributed by atoms with Crippen LogP contribution in [0.3, 0.4) is 0 Å². The summed E-state index contributed by atoms with van der Waals surface area (Å²) in [6.07, 6.45) is -11.6. The van der Waals surface area contributed by atoms with Gasteiger partial charge in [0.05, 0.1) is 11.3 Å². The number of carbonyl (C=O) groups is 2. The lowest BCUT2D eigenvalue weighted by molar-refractivity contribution is -0.167. The number of hydrogen-bond donors (Lipinski definition) is 1. The van der Waals surface area contributed by atoms with Gasteiger partial charge < -0.3 is 5.11 Å². The van der Waals surface area contributed by atoms with Crippen LogP contribution >= 0.6 is 0 Å². The number of aliphatic hydroxyl groups is 1. The van der Waals surface area contributed by atoms with Crippen LogP contribution in [0.4, 0.5) is 37.7 Å². The second-order valence-electron chi connectivity index (χ2n) is 5.91. The third kappa shape index (κ3) is 5.97. The van der Waals surface area contributed by atoms with Crippen molar-refractivity contribution in [1.82, 2.24) is 0 Å². The molecule has 2 aromatic carbocycles. The second-order valence-corrected chi connectivity index (χ2v) is 6.24. The minimum Gasteiger partial charge on any atom is -0.504 e. The van der Waals surface area contributed by atoms with Gasteiger partial charge in [-0.1, -0.05) is 30.3 Å². The predicted molar refractivity (Wildman–Crippen MR) is 101 cm³/mol. The van der Waals surface area contributed by atoms with Crippen LogP contribution in [0.15, 0.2) is 69.2 Å². The van der Waals surface area contributed by atoms with Crippen molar-refractivity contribution in [3.63, 3.8) is 0 Å². The average molecular weight is 476 g/mol. The number of hydrogen-bond acceptors (Lipinski definition) is 6. The molecule has 0 unspecified atom stereocenters. The van der Waals surface area contributed by atoms with Crippen molar-refractivity contribution >= 4 is 40.6 Å². The molecule has 2 rings (SSSR count). The van der Waals surface area contributed by atoms with E-state index < -0.39 is 40.9 Å². The van der Waals surface area contributed by atoms with Gasteiger partial charge in [0.25, 0.3) is 5.78 Å². The number of alkyl halides is 6. The maximum Gasteiger partial charge on any atom is 0.455 e. The van der Waals surface area contributed by atoms with Crippen LogP contribution in [-0.2, 0) is 16.3 Å². The number of rotatable bonds is 6. The number of ketones is 2. The van der Waals surface area contributed by atoms with E-state index in [1.807, 2.05) is 0 Å². The zero-order valence-corrected chi connectivity index (χ0v) is 16.3. The van der Waals surface area contributed by atoms with Crippen LogP contribution in [0.5, 0.6) is 0 Å². The van der Waals surface area contributed by atoms with Crippen LogP contribution in [0.2, 0.25) is 0 Å². The fraction of sp³-hybridized carbons (Fsp3) is 0.105. The van der Waals surface area contributed by atoms with Crippen LogP contribution in [0.25, 0.3) is 0 Å². The van der Waals surface area contributed by atoms with Gasteiger partial charge in [0.1, 0.15) is 5.69 Å². The van der Waals surface area contributed by atoms with E-state index in [-0.39, 0.29) is 34.5 Å². The fourth-order valence-electron chi connectivity index (χ4n) is 2.31. The molecule has 0 radical (unpaired) electrons. The zero-order chi connectivity index (χ0) is 24.1. The van der Waals surface area contributed by atoms with Gasteiger partial charge in [-0.25, -0.2) is 0 Å². The van der Waals surface area contributed by atoms with E-state index >= 15 is 0 Å². The number of allylic oxidation sites excluding steroid dienone is 2. The van der Waals surface area contributed by atoms with Crippen LogP contribution in [-0.4, -0.2) is 39.4 Å². The number of benzene rings is 2. The molecule has 0 saturated carbocycles. The Hall–Kier alpha value is -3.61. The largest absolute Gasteiger partial charge is 0.504 e. The molecule has 0 aliphatic heterocycles. The third-order valence-electron chi connectivity index (χ3n) is 3.77. The average Bonchev–Trinajstić information content (AvgIpc) is 2.73. The summed E-state index contributed by atoms with van der Waals surface area (Å²) in [7, 11) is 0. The molecule has 0 spiro atoms. The zero-order valence-electron chi connectivity index (χ0n) is 15.4. The molecule has 168 valence electrons. The highest BCUT2D eigenvalue weighted by Gasteiger charge is 2.46. The Labute approximate surface area is 179 Å². The summed E-state index contributed by atoms with van der Waals surface area (Å²) < 4.78 is 90.4. The first-order valence-electron chi connectivity index (χ1n) is 8.26. The summed E-state index contributed by atoms with van der Waals surface area (Å²) in [5.41, 5.74) is -2.82. The number of nitrogens with zero attached hydrogens (tertiary/aromatic N) is 2. The summed E-state index contributed by atoms with van der Waals surface area (Å²) in [6, 6.07) is 10.9. The van der Waals surface area contributed by atoms with E-state index in [2.05, 4.69) is 9.36 Å². The van der Waals surface area contributed by atoms with Gasteiger partial charge in [0, 0.05) is 17.3 Å². The lowest BCUT2D eigenvalue weighted by Gasteiger charge is -2.11. The fourth-order valence-corrected chi connectivity index (χ4v) is 2.54. The first kappa shape index (κ1) is 24.7. The van der Waals surface area contributed by atoms with E-state index in [1.165, 1.54) is 18.2 Å². The molecule has 0 amide bonds. The van der Waals surface area contributed by atoms with Gasteiger partial charge in [-0.3, -0.25) is 14.6 Å². The van der Waals surface area contributed by atoms with Gasteiger partial charge >= 0.3 is 12.4 Å². The molecule has 0 aliphatic carbocycles. The minimum atomic E-state index is -5.75. The maximum absolute atomic E-state index is 12.7. The highest BCUT2D eigenvalue weighted by atomic mass is 32.1. The Morgan fingerprint density at radius 1 is 0.875 bits per heavy atom. The summed E-state index contributed by atoms with van der Waals surface area (Å²) in [5, 5.41) is 9.13. The van der Waals surface area contributed by atoms with E-state index in [0.29, 0.717) is 0 Å². The normalized spacial score (nSPS) is 12.9. The van der Waals surface area contributed by atoms with Crippen molar-refractivity contribution in [1.29, 1.82) is 0 Å². The Morgan fingerprint density at radius 3 is 2.03 bits per heavy atom. The highest BCUT2D eigenvalue weighted by molar-refractivity contribution is 7.54. The molecule has 1 N–H and O–H groups in total. The second kappa shape index (κ2) is 9.68. The first-order chi connectivity index (χ1) is 14.9.